The largest absolute Gasteiger partial charge is 0.433 e. The van der Waals surface area contributed by atoms with Crippen LogP contribution in [0, 0.1) is 13.8 Å². The first-order chi connectivity index (χ1) is 11.8. The summed E-state index contributed by atoms with van der Waals surface area (Å²) in [5.41, 5.74) is 1.82. The maximum Gasteiger partial charge on any atom is 0.433 e. The average Bonchev–Trinajstić information content (AvgIpc) is 2.58. The van der Waals surface area contributed by atoms with Crippen LogP contribution in [0.5, 0.6) is 0 Å². The van der Waals surface area contributed by atoms with Crippen LogP contribution in [0.15, 0.2) is 24.7 Å². The topological polar surface area (TPSA) is 45.2 Å². The molecule has 0 N–H and O–H groups in total. The molecule has 2 aromatic heterocycles. The van der Waals surface area contributed by atoms with Crippen LogP contribution in [0.1, 0.15) is 22.5 Å². The van der Waals surface area contributed by atoms with Crippen LogP contribution >= 0.6 is 0 Å². The molecular formula is C17H20F3N5. The highest BCUT2D eigenvalue weighted by atomic mass is 19.4. The average molecular weight is 351 g/mol. The summed E-state index contributed by atoms with van der Waals surface area (Å²) in [5.74, 6) is 0.940. The van der Waals surface area contributed by atoms with Crippen molar-refractivity contribution in [1.29, 1.82) is 0 Å². The Bertz CT molecular complexity index is 739. The van der Waals surface area contributed by atoms with Crippen molar-refractivity contribution in [1.82, 2.24) is 19.9 Å². The van der Waals surface area contributed by atoms with Gasteiger partial charge in [-0.1, -0.05) is 0 Å². The van der Waals surface area contributed by atoms with E-state index in [4.69, 9.17) is 0 Å². The summed E-state index contributed by atoms with van der Waals surface area (Å²) in [6, 6.07) is 2.77. The van der Waals surface area contributed by atoms with E-state index in [0.29, 0.717) is 12.1 Å². The van der Waals surface area contributed by atoms with Gasteiger partial charge in [-0.3, -0.25) is 9.88 Å². The molecular weight excluding hydrogens is 331 g/mol. The molecule has 3 heterocycles. The van der Waals surface area contributed by atoms with E-state index in [1.807, 2.05) is 13.8 Å². The van der Waals surface area contributed by atoms with Gasteiger partial charge in [0.2, 0.25) is 0 Å². The fraction of sp³-hybridized carbons (Fsp3) is 0.471. The van der Waals surface area contributed by atoms with E-state index in [1.165, 1.54) is 6.20 Å². The van der Waals surface area contributed by atoms with Crippen molar-refractivity contribution in [2.24, 2.45) is 0 Å². The predicted octanol–water partition coefficient (Wildman–Crippen LogP) is 2.83. The van der Waals surface area contributed by atoms with Crippen molar-refractivity contribution in [3.8, 4) is 0 Å². The van der Waals surface area contributed by atoms with Crippen molar-refractivity contribution >= 4 is 5.82 Å². The highest BCUT2D eigenvalue weighted by Crippen LogP contribution is 2.28. The van der Waals surface area contributed by atoms with Gasteiger partial charge in [-0.25, -0.2) is 9.97 Å². The van der Waals surface area contributed by atoms with Crippen LogP contribution in [0.4, 0.5) is 19.0 Å². The number of piperazine rings is 1. The second-order valence-electron chi connectivity index (χ2n) is 6.22. The molecule has 0 bridgehead atoms. The van der Waals surface area contributed by atoms with E-state index in [-0.39, 0.29) is 0 Å². The lowest BCUT2D eigenvalue weighted by atomic mass is 10.2. The van der Waals surface area contributed by atoms with Gasteiger partial charge >= 0.3 is 6.18 Å². The molecule has 1 aliphatic rings. The lowest BCUT2D eigenvalue weighted by molar-refractivity contribution is -0.141. The Hall–Kier alpha value is -2.22. The maximum absolute atomic E-state index is 12.8. The minimum Gasteiger partial charge on any atom is -0.354 e. The van der Waals surface area contributed by atoms with Crippen LogP contribution in [0.2, 0.25) is 0 Å². The van der Waals surface area contributed by atoms with Crippen LogP contribution in [0.3, 0.4) is 0 Å². The van der Waals surface area contributed by atoms with Gasteiger partial charge in [0.15, 0.2) is 0 Å². The SMILES string of the molecule is Cc1ncnc(N2CCN(Cc3ccnc(C(F)(F)F)c3)CC2)c1C. The fourth-order valence-corrected chi connectivity index (χ4v) is 2.95. The molecule has 25 heavy (non-hydrogen) atoms. The van der Waals surface area contributed by atoms with E-state index >= 15 is 0 Å². The zero-order chi connectivity index (χ0) is 18.0. The minimum atomic E-state index is -4.41. The molecule has 1 aliphatic heterocycles. The van der Waals surface area contributed by atoms with Crippen molar-refractivity contribution in [2.75, 3.05) is 31.1 Å². The molecule has 0 unspecified atom stereocenters. The standard InChI is InChI=1S/C17H20F3N5/c1-12-13(2)22-11-23-16(12)25-7-5-24(6-8-25)10-14-3-4-21-15(9-14)17(18,19)20/h3-4,9,11H,5-8,10H2,1-2H3. The number of rotatable bonds is 3. The molecule has 0 saturated carbocycles. The molecule has 0 spiro atoms. The van der Waals surface area contributed by atoms with E-state index < -0.39 is 11.9 Å². The van der Waals surface area contributed by atoms with Gasteiger partial charge < -0.3 is 4.90 Å². The Morgan fingerprint density at radius 1 is 1.04 bits per heavy atom. The molecule has 0 radical (unpaired) electrons. The molecule has 1 fully saturated rings. The Balaban J connectivity index is 1.62. The maximum atomic E-state index is 12.8. The quantitative estimate of drug-likeness (QED) is 0.851. The Kier molecular flexibility index (Phi) is 4.89. The first-order valence-corrected chi connectivity index (χ1v) is 8.12. The van der Waals surface area contributed by atoms with Gasteiger partial charge in [-0.15, -0.1) is 0 Å². The number of halogens is 3. The predicted molar refractivity (Wildman–Crippen MR) is 88.2 cm³/mol. The third-order valence-electron chi connectivity index (χ3n) is 4.50. The minimum absolute atomic E-state index is 0.487. The number of hydrogen-bond acceptors (Lipinski definition) is 5. The first-order valence-electron chi connectivity index (χ1n) is 8.12. The van der Waals surface area contributed by atoms with Crippen molar-refractivity contribution in [2.45, 2.75) is 26.6 Å². The van der Waals surface area contributed by atoms with Gasteiger partial charge in [0.25, 0.3) is 0 Å². The molecule has 1 saturated heterocycles. The van der Waals surface area contributed by atoms with E-state index in [9.17, 15) is 13.2 Å². The van der Waals surface area contributed by atoms with Crippen LogP contribution in [-0.4, -0.2) is 46.0 Å². The van der Waals surface area contributed by atoms with E-state index in [2.05, 4.69) is 24.8 Å². The fourth-order valence-electron chi connectivity index (χ4n) is 2.95. The monoisotopic (exact) mass is 351 g/mol. The molecule has 0 aromatic carbocycles. The number of aryl methyl sites for hydroxylation is 1. The highest BCUT2D eigenvalue weighted by Gasteiger charge is 2.32. The number of nitrogens with zero attached hydrogens (tertiary/aromatic N) is 5. The molecule has 0 amide bonds. The number of pyridine rings is 1. The molecule has 2 aromatic rings. The summed E-state index contributed by atoms with van der Waals surface area (Å²) >= 11 is 0. The van der Waals surface area contributed by atoms with Crippen LogP contribution < -0.4 is 4.90 Å². The van der Waals surface area contributed by atoms with Gasteiger partial charge in [0.1, 0.15) is 17.8 Å². The number of aromatic nitrogens is 3. The van der Waals surface area contributed by atoms with Gasteiger partial charge in [0.05, 0.1) is 0 Å². The van der Waals surface area contributed by atoms with Crippen LogP contribution in [0.25, 0.3) is 0 Å². The molecule has 8 heteroatoms. The van der Waals surface area contributed by atoms with Crippen LogP contribution in [-0.2, 0) is 12.7 Å². The summed E-state index contributed by atoms with van der Waals surface area (Å²) in [6.07, 6.45) is -1.61. The van der Waals surface area contributed by atoms with Gasteiger partial charge in [-0.2, -0.15) is 13.2 Å². The Labute approximate surface area is 144 Å². The normalized spacial score (nSPS) is 16.3. The molecule has 134 valence electrons. The summed E-state index contributed by atoms with van der Waals surface area (Å²) in [4.78, 5) is 16.3. The van der Waals surface area contributed by atoms with E-state index in [0.717, 1.165) is 49.3 Å². The number of alkyl halides is 3. The third-order valence-corrected chi connectivity index (χ3v) is 4.50. The highest BCUT2D eigenvalue weighted by molar-refractivity contribution is 5.47. The Morgan fingerprint density at radius 3 is 2.44 bits per heavy atom. The van der Waals surface area contributed by atoms with Crippen molar-refractivity contribution in [3.05, 3.63) is 47.2 Å². The Morgan fingerprint density at radius 2 is 1.76 bits per heavy atom. The van der Waals surface area contributed by atoms with Gasteiger partial charge in [0, 0.05) is 50.2 Å². The zero-order valence-corrected chi connectivity index (χ0v) is 14.2. The second kappa shape index (κ2) is 6.95. The van der Waals surface area contributed by atoms with E-state index in [1.54, 1.807) is 12.4 Å². The third kappa shape index (κ3) is 4.07. The lowest BCUT2D eigenvalue weighted by Crippen LogP contribution is -2.46. The first kappa shape index (κ1) is 17.6. The number of anilines is 1. The smallest absolute Gasteiger partial charge is 0.354 e. The molecule has 5 nitrogen and oxygen atoms in total. The molecule has 0 atom stereocenters. The zero-order valence-electron chi connectivity index (χ0n) is 14.2. The summed E-state index contributed by atoms with van der Waals surface area (Å²) in [7, 11) is 0. The summed E-state index contributed by atoms with van der Waals surface area (Å²) in [5, 5.41) is 0. The second-order valence-corrected chi connectivity index (χ2v) is 6.22. The summed E-state index contributed by atoms with van der Waals surface area (Å²) < 4.78 is 38.3. The van der Waals surface area contributed by atoms with Crippen molar-refractivity contribution in [3.63, 3.8) is 0 Å². The summed E-state index contributed by atoms with van der Waals surface area (Å²) in [6.45, 7) is 7.56. The van der Waals surface area contributed by atoms with Gasteiger partial charge in [-0.05, 0) is 31.5 Å². The van der Waals surface area contributed by atoms with Crippen molar-refractivity contribution < 1.29 is 13.2 Å². The number of hydrogen-bond donors (Lipinski definition) is 0. The lowest BCUT2D eigenvalue weighted by Gasteiger charge is -2.36. The molecule has 0 aliphatic carbocycles. The molecule has 3 rings (SSSR count).